The second-order valence-electron chi connectivity index (χ2n) is 8.67. The molecule has 0 aromatic heterocycles. The first-order chi connectivity index (χ1) is 10.5. The Morgan fingerprint density at radius 1 is 1.23 bits per heavy atom. The molecule has 1 nitrogen and oxygen atoms in total. The molecule has 22 heavy (non-hydrogen) atoms. The Morgan fingerprint density at radius 2 is 2.00 bits per heavy atom. The molecule has 0 aromatic carbocycles. The van der Waals surface area contributed by atoms with E-state index >= 15 is 0 Å². The van der Waals surface area contributed by atoms with Crippen LogP contribution in [0.4, 0.5) is 0 Å². The van der Waals surface area contributed by atoms with Gasteiger partial charge in [0.2, 0.25) is 0 Å². The normalized spacial score (nSPS) is 50.5. The minimum atomic E-state index is -0.185. The molecule has 0 amide bonds. The maximum atomic E-state index is 10.0. The Hall–Kier alpha value is -0.780. The predicted molar refractivity (Wildman–Crippen MR) is 90.3 cm³/mol. The summed E-state index contributed by atoms with van der Waals surface area (Å²) >= 11 is 0. The highest BCUT2D eigenvalue weighted by atomic mass is 16.3. The van der Waals surface area contributed by atoms with Crippen LogP contribution in [0.2, 0.25) is 0 Å². The fourth-order valence-electron chi connectivity index (χ4n) is 6.78. The van der Waals surface area contributed by atoms with Gasteiger partial charge in [-0.25, -0.2) is 0 Å². The first-order valence-corrected chi connectivity index (χ1v) is 9.32. The molecule has 0 radical (unpaired) electrons. The van der Waals surface area contributed by atoms with Crippen molar-refractivity contribution in [3.63, 3.8) is 0 Å². The Balaban J connectivity index is 1.70. The van der Waals surface area contributed by atoms with Gasteiger partial charge in [0, 0.05) is 0 Å². The van der Waals surface area contributed by atoms with E-state index in [2.05, 4.69) is 32.2 Å². The fraction of sp³-hybridized carbons (Fsp3) is 0.762. The van der Waals surface area contributed by atoms with Crippen molar-refractivity contribution in [1.29, 1.82) is 0 Å². The minimum Gasteiger partial charge on any atom is -0.389 e. The lowest BCUT2D eigenvalue weighted by atomic mass is 9.48. The third-order valence-electron chi connectivity index (χ3n) is 7.80. The van der Waals surface area contributed by atoms with Crippen LogP contribution in [-0.2, 0) is 0 Å². The van der Waals surface area contributed by atoms with E-state index in [1.165, 1.54) is 44.1 Å². The van der Waals surface area contributed by atoms with E-state index in [9.17, 15) is 5.11 Å². The molecule has 0 aliphatic heterocycles. The lowest BCUT2D eigenvalue weighted by Gasteiger charge is -2.57. The predicted octanol–water partition coefficient (Wildman–Crippen LogP) is 4.88. The third-order valence-corrected chi connectivity index (χ3v) is 7.80. The molecule has 0 spiro atoms. The molecule has 4 rings (SSSR count). The van der Waals surface area contributed by atoms with Gasteiger partial charge in [-0.3, -0.25) is 0 Å². The van der Waals surface area contributed by atoms with E-state index in [1.54, 1.807) is 5.57 Å². The van der Waals surface area contributed by atoms with Crippen LogP contribution in [0.5, 0.6) is 0 Å². The molecule has 4 aliphatic carbocycles. The summed E-state index contributed by atoms with van der Waals surface area (Å²) in [6, 6.07) is 0. The summed E-state index contributed by atoms with van der Waals surface area (Å²) in [5, 5.41) is 10.0. The molecule has 0 aromatic rings. The van der Waals surface area contributed by atoms with Crippen LogP contribution >= 0.6 is 0 Å². The zero-order valence-electron chi connectivity index (χ0n) is 14.1. The number of hydrogen-bond acceptors (Lipinski definition) is 1. The molecule has 120 valence electrons. The lowest BCUT2D eigenvalue weighted by Crippen LogP contribution is -2.49. The second-order valence-corrected chi connectivity index (χ2v) is 8.67. The van der Waals surface area contributed by atoms with Crippen molar-refractivity contribution in [2.24, 2.45) is 35.0 Å². The first-order valence-electron chi connectivity index (χ1n) is 9.32. The van der Waals surface area contributed by atoms with Gasteiger partial charge in [0.25, 0.3) is 0 Å². The van der Waals surface area contributed by atoms with Crippen LogP contribution in [0.25, 0.3) is 0 Å². The van der Waals surface area contributed by atoms with Gasteiger partial charge >= 0.3 is 0 Å². The van der Waals surface area contributed by atoms with Crippen molar-refractivity contribution >= 4 is 0 Å². The van der Waals surface area contributed by atoms with Crippen LogP contribution in [0.1, 0.15) is 58.8 Å². The van der Waals surface area contributed by atoms with Gasteiger partial charge in [0.15, 0.2) is 0 Å². The molecule has 0 heterocycles. The van der Waals surface area contributed by atoms with Crippen molar-refractivity contribution in [2.45, 2.75) is 64.9 Å². The molecule has 1 heteroatoms. The highest BCUT2D eigenvalue weighted by Crippen LogP contribution is 2.63. The maximum Gasteiger partial charge on any atom is 0.0724 e. The van der Waals surface area contributed by atoms with E-state index < -0.39 is 0 Å². The largest absolute Gasteiger partial charge is 0.389 e. The average Bonchev–Trinajstić information content (AvgIpc) is 2.94. The van der Waals surface area contributed by atoms with Gasteiger partial charge in [-0.1, -0.05) is 32.1 Å². The Bertz CT molecular complexity index is 552. The van der Waals surface area contributed by atoms with E-state index in [4.69, 9.17) is 0 Å². The first kappa shape index (κ1) is 14.8. The highest BCUT2D eigenvalue weighted by molar-refractivity contribution is 5.27. The molecule has 0 bridgehead atoms. The maximum absolute atomic E-state index is 10.0. The highest BCUT2D eigenvalue weighted by Gasteiger charge is 2.55. The molecule has 0 saturated heterocycles. The molecular formula is C21H30O. The number of rotatable bonds is 0. The molecule has 1 N–H and O–H groups in total. The molecule has 5 unspecified atom stereocenters. The summed E-state index contributed by atoms with van der Waals surface area (Å²) in [4.78, 5) is 0. The second kappa shape index (κ2) is 5.11. The Kier molecular flexibility index (Phi) is 3.44. The van der Waals surface area contributed by atoms with Crippen LogP contribution in [0.3, 0.4) is 0 Å². The van der Waals surface area contributed by atoms with E-state index in [1.807, 2.05) is 0 Å². The van der Waals surface area contributed by atoms with Crippen molar-refractivity contribution in [3.8, 4) is 0 Å². The fourth-order valence-corrected chi connectivity index (χ4v) is 6.78. The number of hydrogen-bond donors (Lipinski definition) is 1. The van der Waals surface area contributed by atoms with Crippen molar-refractivity contribution in [1.82, 2.24) is 0 Å². The van der Waals surface area contributed by atoms with E-state index in [0.29, 0.717) is 5.41 Å². The lowest BCUT2D eigenvalue weighted by molar-refractivity contribution is -0.0253. The Labute approximate surface area is 135 Å². The zero-order chi connectivity index (χ0) is 15.5. The van der Waals surface area contributed by atoms with Gasteiger partial charge in [0.05, 0.1) is 6.10 Å². The van der Waals surface area contributed by atoms with Crippen molar-refractivity contribution in [2.75, 3.05) is 0 Å². The van der Waals surface area contributed by atoms with Gasteiger partial charge < -0.3 is 5.11 Å². The Morgan fingerprint density at radius 3 is 2.77 bits per heavy atom. The number of aliphatic hydroxyl groups is 1. The van der Waals surface area contributed by atoms with Crippen LogP contribution in [-0.4, -0.2) is 11.2 Å². The van der Waals surface area contributed by atoms with Crippen LogP contribution in [0.15, 0.2) is 29.5 Å². The quantitative estimate of drug-likeness (QED) is 0.499. The van der Waals surface area contributed by atoms with Crippen molar-refractivity contribution < 1.29 is 5.11 Å². The third kappa shape index (κ3) is 1.95. The topological polar surface area (TPSA) is 20.2 Å². The zero-order valence-corrected chi connectivity index (χ0v) is 14.1. The van der Waals surface area contributed by atoms with Gasteiger partial charge in [-0.2, -0.15) is 0 Å². The molecular weight excluding hydrogens is 268 g/mol. The summed E-state index contributed by atoms with van der Waals surface area (Å²) in [5.41, 5.74) is 6.75. The smallest absolute Gasteiger partial charge is 0.0724 e. The summed E-state index contributed by atoms with van der Waals surface area (Å²) in [7, 11) is 0. The molecule has 3 saturated carbocycles. The average molecular weight is 298 g/mol. The van der Waals surface area contributed by atoms with Crippen LogP contribution < -0.4 is 0 Å². The summed E-state index contributed by atoms with van der Waals surface area (Å²) in [6.07, 6.45) is 10.7. The standard InChI is InChI=1S/C21H30O/c1-4-14-5-7-18-17-8-6-15-12-16(22)9-10-21(15,3)19(17)11-13(2)20(14)18/h12-13,16-20,22H,1,5-11H2,2-3H3/t13-,16?,17?,18?,19?,20?,21+/m1/s1. The monoisotopic (exact) mass is 298 g/mol. The van der Waals surface area contributed by atoms with E-state index in [-0.39, 0.29) is 6.10 Å². The minimum absolute atomic E-state index is 0.185. The van der Waals surface area contributed by atoms with Crippen molar-refractivity contribution in [3.05, 3.63) is 29.5 Å². The number of allylic oxidation sites excluding steroid dienone is 2. The van der Waals surface area contributed by atoms with Crippen LogP contribution in [0, 0.1) is 35.0 Å². The SMILES string of the molecule is C=C=C1CCC2C3CCC4=CC(O)CC[C@]4(C)C3C[C@@H](C)C12. The molecule has 7 atom stereocenters. The number of fused-ring (bicyclic) bond motifs is 5. The van der Waals surface area contributed by atoms with Gasteiger partial charge in [0.1, 0.15) is 0 Å². The van der Waals surface area contributed by atoms with Gasteiger partial charge in [-0.05, 0) is 85.5 Å². The van der Waals surface area contributed by atoms with E-state index in [0.717, 1.165) is 36.0 Å². The molecule has 3 fully saturated rings. The number of aliphatic hydroxyl groups excluding tert-OH is 1. The summed E-state index contributed by atoms with van der Waals surface area (Å²) in [5.74, 6) is 4.15. The summed E-state index contributed by atoms with van der Waals surface area (Å²) < 4.78 is 0. The molecule has 4 aliphatic rings. The summed E-state index contributed by atoms with van der Waals surface area (Å²) in [6.45, 7) is 8.94. The van der Waals surface area contributed by atoms with Gasteiger partial charge in [-0.15, -0.1) is 5.73 Å².